The fraction of sp³-hybridized carbons (Fsp3) is 0.188. The smallest absolute Gasteiger partial charge is 0.241 e. The molecule has 0 atom stereocenters. The van der Waals surface area contributed by atoms with Crippen molar-refractivity contribution in [2.75, 3.05) is 19.1 Å². The van der Waals surface area contributed by atoms with Gasteiger partial charge in [-0.2, -0.15) is 0 Å². The van der Waals surface area contributed by atoms with Crippen molar-refractivity contribution in [3.8, 4) is 17.1 Å². The van der Waals surface area contributed by atoms with Crippen molar-refractivity contribution in [2.45, 2.75) is 12.1 Å². The maximum Gasteiger partial charge on any atom is 0.241 e. The number of nitrogen functional groups attached to an aromatic ring is 1. The van der Waals surface area contributed by atoms with E-state index in [1.54, 1.807) is 13.3 Å². The minimum Gasteiger partial charge on any atom is -0.479 e. The number of methoxy groups -OCH3 is 1. The van der Waals surface area contributed by atoms with Crippen molar-refractivity contribution in [1.29, 1.82) is 0 Å². The third kappa shape index (κ3) is 2.57. The van der Waals surface area contributed by atoms with Gasteiger partial charge in [-0.1, -0.05) is 17.8 Å². The van der Waals surface area contributed by atoms with E-state index in [9.17, 15) is 0 Å². The Balaban J connectivity index is 2.26. The van der Waals surface area contributed by atoms with Gasteiger partial charge in [-0.25, -0.2) is 15.0 Å². The zero-order valence-corrected chi connectivity index (χ0v) is 13.4. The van der Waals surface area contributed by atoms with Crippen LogP contribution in [-0.4, -0.2) is 28.3 Å². The van der Waals surface area contributed by atoms with Gasteiger partial charge in [0.05, 0.1) is 12.8 Å². The molecule has 2 N–H and O–H groups in total. The quantitative estimate of drug-likeness (QED) is 0.454. The minimum atomic E-state index is 0.493. The Morgan fingerprint density at radius 3 is 2.73 bits per heavy atom. The average molecular weight is 312 g/mol. The topological polar surface area (TPSA) is 73.9 Å². The maximum absolute atomic E-state index is 5.90. The molecule has 3 rings (SSSR count). The Hall–Kier alpha value is -2.34. The van der Waals surface area contributed by atoms with Gasteiger partial charge in [0.15, 0.2) is 5.16 Å². The summed E-state index contributed by atoms with van der Waals surface area (Å²) in [7, 11) is 1.60. The van der Waals surface area contributed by atoms with E-state index < -0.39 is 0 Å². The van der Waals surface area contributed by atoms with Gasteiger partial charge in [-0.3, -0.25) is 0 Å². The molecule has 0 aliphatic heterocycles. The highest BCUT2D eigenvalue weighted by Crippen LogP contribution is 2.31. The number of nitrogens with two attached hydrogens (primary N) is 1. The Morgan fingerprint density at radius 2 is 2.00 bits per heavy atom. The predicted molar refractivity (Wildman–Crippen MR) is 90.3 cm³/mol. The molecule has 2 heterocycles. The number of rotatable bonds is 3. The summed E-state index contributed by atoms with van der Waals surface area (Å²) in [5, 5.41) is 1.59. The molecule has 0 aliphatic carbocycles. The number of nitrogens with zero attached hydrogens (tertiary/aromatic N) is 3. The summed E-state index contributed by atoms with van der Waals surface area (Å²) in [6.07, 6.45) is 3.73. The zero-order valence-electron chi connectivity index (χ0n) is 12.6. The van der Waals surface area contributed by atoms with Gasteiger partial charge < -0.3 is 10.5 Å². The van der Waals surface area contributed by atoms with Crippen LogP contribution in [0.1, 0.15) is 5.56 Å². The fourth-order valence-corrected chi connectivity index (χ4v) is 2.63. The van der Waals surface area contributed by atoms with E-state index in [1.807, 2.05) is 37.4 Å². The Bertz CT molecular complexity index is 851. The molecule has 3 aromatic rings. The van der Waals surface area contributed by atoms with Crippen molar-refractivity contribution in [3.05, 3.63) is 36.0 Å². The van der Waals surface area contributed by atoms with Gasteiger partial charge >= 0.3 is 0 Å². The van der Waals surface area contributed by atoms with Crippen LogP contribution in [0, 0.1) is 6.92 Å². The number of hydrogen-bond acceptors (Lipinski definition) is 6. The predicted octanol–water partition coefficient (Wildman–Crippen LogP) is 3.31. The van der Waals surface area contributed by atoms with Crippen LogP contribution in [0.2, 0.25) is 0 Å². The molecule has 0 unspecified atom stereocenters. The Kier molecular flexibility index (Phi) is 3.85. The first-order valence-electron chi connectivity index (χ1n) is 6.74. The van der Waals surface area contributed by atoms with E-state index in [0.717, 1.165) is 22.2 Å². The van der Waals surface area contributed by atoms with Crippen LogP contribution in [0.25, 0.3) is 22.2 Å². The zero-order chi connectivity index (χ0) is 15.7. The van der Waals surface area contributed by atoms with E-state index in [1.165, 1.54) is 11.8 Å². The highest BCUT2D eigenvalue weighted by atomic mass is 32.2. The van der Waals surface area contributed by atoms with Crippen LogP contribution in [0.5, 0.6) is 5.88 Å². The van der Waals surface area contributed by atoms with E-state index in [4.69, 9.17) is 10.5 Å². The van der Waals surface area contributed by atoms with Crippen molar-refractivity contribution < 1.29 is 4.74 Å². The summed E-state index contributed by atoms with van der Waals surface area (Å²) in [4.78, 5) is 13.4. The lowest BCUT2D eigenvalue weighted by Crippen LogP contribution is -1.97. The van der Waals surface area contributed by atoms with Gasteiger partial charge in [0.1, 0.15) is 5.52 Å². The molecule has 0 fully saturated rings. The lowest BCUT2D eigenvalue weighted by Gasteiger charge is -2.10. The molecule has 2 aromatic heterocycles. The summed E-state index contributed by atoms with van der Waals surface area (Å²) >= 11 is 1.49. The maximum atomic E-state index is 5.90. The number of benzene rings is 1. The van der Waals surface area contributed by atoms with Gasteiger partial charge in [-0.05, 0) is 36.9 Å². The first-order valence-corrected chi connectivity index (χ1v) is 7.97. The largest absolute Gasteiger partial charge is 0.479 e. The second-order valence-electron chi connectivity index (χ2n) is 4.89. The highest BCUT2D eigenvalue weighted by molar-refractivity contribution is 7.98. The number of fused-ring (bicyclic) bond motifs is 1. The normalized spacial score (nSPS) is 10.9. The lowest BCUT2D eigenvalue weighted by molar-refractivity contribution is 0.402. The summed E-state index contributed by atoms with van der Waals surface area (Å²) in [5.74, 6) is 0.493. The van der Waals surface area contributed by atoms with Crippen molar-refractivity contribution in [2.24, 2.45) is 0 Å². The number of pyridine rings is 1. The lowest BCUT2D eigenvalue weighted by atomic mass is 10.0. The SMILES string of the molecule is COc1nc(-c2cc(N)ccc2C)cc2cnc(SC)nc12. The number of aryl methyl sites for hydroxylation is 1. The minimum absolute atomic E-state index is 0.493. The molecule has 0 saturated heterocycles. The molecular weight excluding hydrogens is 296 g/mol. The first kappa shape index (κ1) is 14.6. The van der Waals surface area contributed by atoms with Crippen molar-refractivity contribution >= 4 is 28.4 Å². The number of anilines is 1. The molecule has 112 valence electrons. The molecule has 1 aromatic carbocycles. The van der Waals surface area contributed by atoms with Crippen molar-refractivity contribution in [1.82, 2.24) is 15.0 Å². The highest BCUT2D eigenvalue weighted by Gasteiger charge is 2.12. The molecule has 0 spiro atoms. The van der Waals surface area contributed by atoms with Gasteiger partial charge in [0.25, 0.3) is 0 Å². The van der Waals surface area contributed by atoms with Gasteiger partial charge in [0, 0.05) is 22.8 Å². The van der Waals surface area contributed by atoms with Crippen LogP contribution >= 0.6 is 11.8 Å². The third-order valence-corrected chi connectivity index (χ3v) is 3.99. The molecular formula is C16H16N4OS. The molecule has 6 heteroatoms. The molecule has 5 nitrogen and oxygen atoms in total. The van der Waals surface area contributed by atoms with Gasteiger partial charge in [0.2, 0.25) is 5.88 Å². The summed E-state index contributed by atoms with van der Waals surface area (Å²) in [6, 6.07) is 7.74. The van der Waals surface area contributed by atoms with Crippen LogP contribution in [0.15, 0.2) is 35.6 Å². The molecule has 0 saturated carbocycles. The number of hydrogen-bond donors (Lipinski definition) is 1. The van der Waals surface area contributed by atoms with Crippen LogP contribution in [0.4, 0.5) is 5.69 Å². The van der Waals surface area contributed by atoms with E-state index in [2.05, 4.69) is 15.0 Å². The summed E-state index contributed by atoms with van der Waals surface area (Å²) in [5.41, 5.74) is 10.2. The molecule has 0 amide bonds. The molecule has 22 heavy (non-hydrogen) atoms. The standard InChI is InChI=1S/C16H16N4OS/c1-9-4-5-11(17)7-12(9)13-6-10-8-18-16(22-3)20-14(10)15(19-13)21-2/h4-8H,17H2,1-3H3. The Morgan fingerprint density at radius 1 is 1.18 bits per heavy atom. The van der Waals surface area contributed by atoms with Crippen LogP contribution in [-0.2, 0) is 0 Å². The monoisotopic (exact) mass is 312 g/mol. The second kappa shape index (κ2) is 5.81. The number of ether oxygens (including phenoxy) is 1. The third-order valence-electron chi connectivity index (χ3n) is 3.43. The van der Waals surface area contributed by atoms with Gasteiger partial charge in [-0.15, -0.1) is 0 Å². The Labute approximate surface area is 133 Å². The molecule has 0 bridgehead atoms. The van der Waals surface area contributed by atoms with Crippen LogP contribution < -0.4 is 10.5 Å². The molecule has 0 radical (unpaired) electrons. The average Bonchev–Trinajstić information content (AvgIpc) is 2.55. The first-order chi connectivity index (χ1) is 10.6. The molecule has 0 aliphatic rings. The summed E-state index contributed by atoms with van der Waals surface area (Å²) < 4.78 is 5.42. The second-order valence-corrected chi connectivity index (χ2v) is 5.66. The van der Waals surface area contributed by atoms with E-state index in [-0.39, 0.29) is 0 Å². The fourth-order valence-electron chi connectivity index (χ4n) is 2.29. The van der Waals surface area contributed by atoms with E-state index >= 15 is 0 Å². The van der Waals surface area contributed by atoms with Crippen molar-refractivity contribution in [3.63, 3.8) is 0 Å². The summed E-state index contributed by atoms with van der Waals surface area (Å²) in [6.45, 7) is 2.03. The number of thioether (sulfide) groups is 1. The van der Waals surface area contributed by atoms with E-state index in [0.29, 0.717) is 22.2 Å². The van der Waals surface area contributed by atoms with Crippen LogP contribution in [0.3, 0.4) is 0 Å². The number of aromatic nitrogens is 3.